The Balaban J connectivity index is 1.55. The van der Waals surface area contributed by atoms with Crippen molar-refractivity contribution in [3.63, 3.8) is 0 Å². The van der Waals surface area contributed by atoms with E-state index in [9.17, 15) is 18.8 Å². The molecule has 0 saturated carbocycles. The van der Waals surface area contributed by atoms with Crippen LogP contribution < -0.4 is 0 Å². The van der Waals surface area contributed by atoms with Crippen molar-refractivity contribution in [1.82, 2.24) is 9.80 Å². The molecule has 6 nitrogen and oxygen atoms in total. The van der Waals surface area contributed by atoms with E-state index in [2.05, 4.69) is 4.74 Å². The molecule has 2 heterocycles. The van der Waals surface area contributed by atoms with Gasteiger partial charge in [-0.2, -0.15) is 0 Å². The summed E-state index contributed by atoms with van der Waals surface area (Å²) in [5.41, 5.74) is 0.296. The average Bonchev–Trinajstić information content (AvgIpc) is 2.72. The number of rotatable bonds is 3. The van der Waals surface area contributed by atoms with Crippen molar-refractivity contribution in [2.75, 3.05) is 26.2 Å². The molecule has 2 fully saturated rings. The number of carbonyl (C=O) groups is 3. The topological polar surface area (TPSA) is 66.9 Å². The third kappa shape index (κ3) is 2.58. The molecule has 3 rings (SSSR count). The lowest BCUT2D eigenvalue weighted by Gasteiger charge is -2.40. The highest BCUT2D eigenvalue weighted by Crippen LogP contribution is 2.21. The van der Waals surface area contributed by atoms with Gasteiger partial charge in [0.25, 0.3) is 11.8 Å². The molecular weight excluding hydrogens is 279 g/mol. The van der Waals surface area contributed by atoms with Crippen LogP contribution in [0.5, 0.6) is 0 Å². The highest BCUT2D eigenvalue weighted by atomic mass is 19.1. The summed E-state index contributed by atoms with van der Waals surface area (Å²) in [6.45, 7) is 0.918. The molecule has 0 radical (unpaired) electrons. The highest BCUT2D eigenvalue weighted by Gasteiger charge is 2.38. The number of ether oxygens (including phenoxy) is 1. The zero-order valence-electron chi connectivity index (χ0n) is 11.1. The molecule has 0 unspecified atom stereocenters. The van der Waals surface area contributed by atoms with Crippen molar-refractivity contribution in [3.8, 4) is 0 Å². The van der Waals surface area contributed by atoms with E-state index in [1.807, 2.05) is 0 Å². The fourth-order valence-electron chi connectivity index (χ4n) is 2.47. The van der Waals surface area contributed by atoms with E-state index < -0.39 is 11.9 Å². The third-order valence-corrected chi connectivity index (χ3v) is 3.60. The minimum absolute atomic E-state index is 0.0390. The smallest absolute Gasteiger partial charge is 0.417 e. The predicted octanol–water partition coefficient (Wildman–Crippen LogP) is 0.877. The Morgan fingerprint density at radius 3 is 2.71 bits per heavy atom. The Labute approximate surface area is 120 Å². The van der Waals surface area contributed by atoms with Gasteiger partial charge in [0.15, 0.2) is 6.61 Å². The molecule has 110 valence electrons. The molecule has 7 heteroatoms. The Morgan fingerprint density at radius 2 is 2.10 bits per heavy atom. The summed E-state index contributed by atoms with van der Waals surface area (Å²) in [6, 6.07) is 5.51. The van der Waals surface area contributed by atoms with E-state index >= 15 is 0 Å². The summed E-state index contributed by atoms with van der Waals surface area (Å²) < 4.78 is 17.7. The zero-order valence-corrected chi connectivity index (χ0v) is 11.1. The van der Waals surface area contributed by atoms with Crippen molar-refractivity contribution < 1.29 is 23.5 Å². The first-order valence-corrected chi connectivity index (χ1v) is 6.56. The molecule has 21 heavy (non-hydrogen) atoms. The van der Waals surface area contributed by atoms with Crippen molar-refractivity contribution in [3.05, 3.63) is 35.6 Å². The second kappa shape index (κ2) is 5.16. The highest BCUT2D eigenvalue weighted by molar-refractivity contribution is 5.98. The minimum Gasteiger partial charge on any atom is -0.439 e. The predicted molar refractivity (Wildman–Crippen MR) is 68.9 cm³/mol. The molecule has 2 saturated heterocycles. The number of hydrogen-bond acceptors (Lipinski definition) is 4. The average molecular weight is 292 g/mol. The molecule has 0 aliphatic carbocycles. The summed E-state index contributed by atoms with van der Waals surface area (Å²) in [4.78, 5) is 37.4. The lowest BCUT2D eigenvalue weighted by Crippen LogP contribution is -2.54. The van der Waals surface area contributed by atoms with Gasteiger partial charge in [0.05, 0.1) is 0 Å². The van der Waals surface area contributed by atoms with Gasteiger partial charge >= 0.3 is 6.09 Å². The van der Waals surface area contributed by atoms with Crippen molar-refractivity contribution in [1.29, 1.82) is 0 Å². The van der Waals surface area contributed by atoms with Crippen LogP contribution in [0.2, 0.25) is 0 Å². The number of amides is 3. The molecule has 0 spiro atoms. The largest absolute Gasteiger partial charge is 0.439 e. The van der Waals surface area contributed by atoms with E-state index in [0.29, 0.717) is 18.7 Å². The molecule has 2 aliphatic heterocycles. The van der Waals surface area contributed by atoms with Crippen LogP contribution in [0.4, 0.5) is 9.18 Å². The fourth-order valence-corrected chi connectivity index (χ4v) is 2.47. The maximum atomic E-state index is 13.1. The van der Waals surface area contributed by atoms with Gasteiger partial charge in [0, 0.05) is 31.1 Å². The first-order valence-electron chi connectivity index (χ1n) is 6.56. The molecule has 2 aliphatic rings. The van der Waals surface area contributed by atoms with Crippen molar-refractivity contribution >= 4 is 17.9 Å². The zero-order chi connectivity index (χ0) is 15.0. The number of hydrogen-bond donors (Lipinski definition) is 0. The van der Waals surface area contributed by atoms with Gasteiger partial charge in [-0.1, -0.05) is 6.07 Å². The standard InChI is InChI=1S/C14H13FN2O4/c15-11-3-1-2-10(4-11)13(19)16-5-9(6-16)7-17-12(18)8-21-14(17)20/h1-4,9H,5-8H2. The SMILES string of the molecule is O=C(c1cccc(F)c1)N1CC(CN2C(=O)COC2=O)C1. The van der Waals surface area contributed by atoms with Gasteiger partial charge < -0.3 is 9.64 Å². The number of benzene rings is 1. The van der Waals surface area contributed by atoms with Crippen LogP contribution >= 0.6 is 0 Å². The summed E-state index contributed by atoms with van der Waals surface area (Å²) in [7, 11) is 0. The second-order valence-corrected chi connectivity index (χ2v) is 5.15. The first-order chi connectivity index (χ1) is 10.0. The molecule has 3 amide bonds. The number of nitrogens with zero attached hydrogens (tertiary/aromatic N) is 2. The Kier molecular flexibility index (Phi) is 3.32. The number of imide groups is 1. The van der Waals surface area contributed by atoms with E-state index in [1.54, 1.807) is 11.0 Å². The first kappa shape index (κ1) is 13.5. The molecule has 0 atom stereocenters. The van der Waals surface area contributed by atoms with Crippen LogP contribution in [0.3, 0.4) is 0 Å². The van der Waals surface area contributed by atoms with Crippen LogP contribution in [0.25, 0.3) is 0 Å². The Morgan fingerprint density at radius 1 is 1.33 bits per heavy atom. The van der Waals surface area contributed by atoms with Gasteiger partial charge in [-0.05, 0) is 18.2 Å². The molecule has 0 bridgehead atoms. The quantitative estimate of drug-likeness (QED) is 0.829. The summed E-state index contributed by atoms with van der Waals surface area (Å²) in [6.07, 6.45) is -0.630. The van der Waals surface area contributed by atoms with E-state index in [-0.39, 0.29) is 30.9 Å². The lowest BCUT2D eigenvalue weighted by molar-refractivity contribution is -0.126. The normalized spacial score (nSPS) is 18.7. The van der Waals surface area contributed by atoms with Gasteiger partial charge in [-0.25, -0.2) is 14.1 Å². The Bertz CT molecular complexity index is 597. The fraction of sp³-hybridized carbons (Fsp3) is 0.357. The second-order valence-electron chi connectivity index (χ2n) is 5.15. The van der Waals surface area contributed by atoms with Gasteiger partial charge in [0.2, 0.25) is 0 Å². The van der Waals surface area contributed by atoms with Gasteiger partial charge in [0.1, 0.15) is 5.82 Å². The van der Waals surface area contributed by atoms with Crippen LogP contribution in [0, 0.1) is 11.7 Å². The van der Waals surface area contributed by atoms with Gasteiger partial charge in [-0.15, -0.1) is 0 Å². The molecule has 0 N–H and O–H groups in total. The van der Waals surface area contributed by atoms with E-state index in [4.69, 9.17) is 0 Å². The summed E-state index contributed by atoms with van der Waals surface area (Å²) in [5, 5.41) is 0. The number of likely N-dealkylation sites (tertiary alicyclic amines) is 1. The third-order valence-electron chi connectivity index (χ3n) is 3.60. The maximum Gasteiger partial charge on any atom is 0.417 e. The summed E-state index contributed by atoms with van der Waals surface area (Å²) in [5.74, 6) is -1.02. The lowest BCUT2D eigenvalue weighted by atomic mass is 9.98. The minimum atomic E-state index is -0.630. The molecule has 1 aromatic rings. The molecule has 1 aromatic carbocycles. The monoisotopic (exact) mass is 292 g/mol. The number of carbonyl (C=O) groups excluding carboxylic acids is 3. The van der Waals surface area contributed by atoms with Crippen LogP contribution in [0.15, 0.2) is 24.3 Å². The van der Waals surface area contributed by atoms with Crippen LogP contribution in [0.1, 0.15) is 10.4 Å². The number of halogens is 1. The molecular formula is C14H13FN2O4. The summed E-state index contributed by atoms with van der Waals surface area (Å²) >= 11 is 0. The van der Waals surface area contributed by atoms with E-state index in [1.165, 1.54) is 18.2 Å². The van der Waals surface area contributed by atoms with Crippen LogP contribution in [-0.4, -0.2) is 53.9 Å². The van der Waals surface area contributed by atoms with Crippen molar-refractivity contribution in [2.24, 2.45) is 5.92 Å². The molecule has 0 aromatic heterocycles. The Hall–Kier alpha value is -2.44. The maximum absolute atomic E-state index is 13.1. The van der Waals surface area contributed by atoms with E-state index in [0.717, 1.165) is 4.90 Å². The number of cyclic esters (lactones) is 1. The van der Waals surface area contributed by atoms with Crippen LogP contribution in [-0.2, 0) is 9.53 Å². The van der Waals surface area contributed by atoms with Gasteiger partial charge in [-0.3, -0.25) is 9.59 Å². The van der Waals surface area contributed by atoms with Crippen molar-refractivity contribution in [2.45, 2.75) is 0 Å².